The van der Waals surface area contributed by atoms with Crippen LogP contribution in [0, 0.1) is 0 Å². The second-order valence-corrected chi connectivity index (χ2v) is 8.19. The molecule has 6 nitrogen and oxygen atoms in total. The Balaban J connectivity index is 1.96. The maximum absolute atomic E-state index is 12.3. The molecule has 0 unspecified atom stereocenters. The lowest BCUT2D eigenvalue weighted by atomic mass is 10.2. The SMILES string of the molecule is CCS(=O)(=O)[C@@H](C)C(=O)N1CCN(C(=O)c2ccccc2)CC1. The number of hydrogen-bond donors (Lipinski definition) is 0. The molecule has 0 spiro atoms. The number of rotatable bonds is 4. The number of hydrogen-bond acceptors (Lipinski definition) is 4. The fourth-order valence-electron chi connectivity index (χ4n) is 2.55. The van der Waals surface area contributed by atoms with Gasteiger partial charge in [-0.25, -0.2) is 8.42 Å². The molecule has 2 rings (SSSR count). The van der Waals surface area contributed by atoms with Gasteiger partial charge >= 0.3 is 0 Å². The molecule has 0 bridgehead atoms. The predicted molar refractivity (Wildman–Crippen MR) is 87.8 cm³/mol. The maximum Gasteiger partial charge on any atom is 0.253 e. The number of nitrogens with zero attached hydrogens (tertiary/aromatic N) is 2. The van der Waals surface area contributed by atoms with Crippen LogP contribution in [0.5, 0.6) is 0 Å². The minimum Gasteiger partial charge on any atom is -0.338 e. The average Bonchev–Trinajstić information content (AvgIpc) is 2.60. The molecule has 0 N–H and O–H groups in total. The first-order valence-corrected chi connectivity index (χ1v) is 9.43. The molecule has 1 heterocycles. The summed E-state index contributed by atoms with van der Waals surface area (Å²) in [5.41, 5.74) is 0.620. The zero-order chi connectivity index (χ0) is 17.0. The second kappa shape index (κ2) is 7.12. The Bertz CT molecular complexity index is 665. The Morgan fingerprint density at radius 3 is 2.09 bits per heavy atom. The Kier molecular flexibility index (Phi) is 5.41. The minimum atomic E-state index is -3.39. The summed E-state index contributed by atoms with van der Waals surface area (Å²) in [5, 5.41) is -1.02. The van der Waals surface area contributed by atoms with Crippen LogP contribution in [0.15, 0.2) is 30.3 Å². The van der Waals surface area contributed by atoms with E-state index >= 15 is 0 Å². The average molecular weight is 338 g/mol. The molecule has 126 valence electrons. The number of amides is 2. The van der Waals surface area contributed by atoms with Gasteiger partial charge in [-0.05, 0) is 19.1 Å². The highest BCUT2D eigenvalue weighted by Gasteiger charge is 2.32. The summed E-state index contributed by atoms with van der Waals surface area (Å²) in [6.45, 7) is 4.52. The van der Waals surface area contributed by atoms with Crippen molar-refractivity contribution < 1.29 is 18.0 Å². The third kappa shape index (κ3) is 3.90. The van der Waals surface area contributed by atoms with Gasteiger partial charge in [0, 0.05) is 37.5 Å². The molecule has 0 aromatic heterocycles. The zero-order valence-corrected chi connectivity index (χ0v) is 14.3. The molecule has 2 amide bonds. The van der Waals surface area contributed by atoms with Crippen molar-refractivity contribution in [1.82, 2.24) is 9.80 Å². The van der Waals surface area contributed by atoms with Gasteiger partial charge < -0.3 is 9.80 Å². The van der Waals surface area contributed by atoms with E-state index in [1.807, 2.05) is 18.2 Å². The van der Waals surface area contributed by atoms with Gasteiger partial charge in [-0.3, -0.25) is 9.59 Å². The lowest BCUT2D eigenvalue weighted by molar-refractivity contribution is -0.131. The highest BCUT2D eigenvalue weighted by Crippen LogP contribution is 2.12. The highest BCUT2D eigenvalue weighted by molar-refractivity contribution is 7.92. The monoisotopic (exact) mass is 338 g/mol. The van der Waals surface area contributed by atoms with Crippen LogP contribution in [0.2, 0.25) is 0 Å². The Morgan fingerprint density at radius 1 is 1.04 bits per heavy atom. The molecule has 7 heteroatoms. The van der Waals surface area contributed by atoms with Crippen molar-refractivity contribution in [1.29, 1.82) is 0 Å². The maximum atomic E-state index is 12.3. The van der Waals surface area contributed by atoms with Gasteiger partial charge in [0.25, 0.3) is 5.91 Å². The normalized spacial score (nSPS) is 17.0. The van der Waals surface area contributed by atoms with Gasteiger partial charge in [0.1, 0.15) is 5.25 Å². The second-order valence-electron chi connectivity index (χ2n) is 5.58. The minimum absolute atomic E-state index is 0.0492. The van der Waals surface area contributed by atoms with Crippen LogP contribution in [0.1, 0.15) is 24.2 Å². The van der Waals surface area contributed by atoms with E-state index in [1.54, 1.807) is 17.0 Å². The Morgan fingerprint density at radius 2 is 1.57 bits per heavy atom. The van der Waals surface area contributed by atoms with Crippen LogP contribution < -0.4 is 0 Å². The van der Waals surface area contributed by atoms with Gasteiger partial charge in [0.05, 0.1) is 0 Å². The van der Waals surface area contributed by atoms with Crippen molar-refractivity contribution in [3.8, 4) is 0 Å². The molecule has 1 atom stereocenters. The van der Waals surface area contributed by atoms with Crippen molar-refractivity contribution in [2.75, 3.05) is 31.9 Å². The number of benzene rings is 1. The van der Waals surface area contributed by atoms with Gasteiger partial charge in [0.15, 0.2) is 9.84 Å². The van der Waals surface area contributed by atoms with E-state index in [-0.39, 0.29) is 17.6 Å². The molecule has 1 aromatic carbocycles. The van der Waals surface area contributed by atoms with Crippen LogP contribution in [0.3, 0.4) is 0 Å². The van der Waals surface area contributed by atoms with Gasteiger partial charge in [-0.15, -0.1) is 0 Å². The molecule has 1 fully saturated rings. The van der Waals surface area contributed by atoms with E-state index in [0.717, 1.165) is 0 Å². The lowest BCUT2D eigenvalue weighted by Gasteiger charge is -2.35. The largest absolute Gasteiger partial charge is 0.338 e. The molecular formula is C16H22N2O4S. The summed E-state index contributed by atoms with van der Waals surface area (Å²) in [6.07, 6.45) is 0. The number of piperazine rings is 1. The fraction of sp³-hybridized carbons (Fsp3) is 0.500. The number of sulfone groups is 1. The fourth-order valence-corrected chi connectivity index (χ4v) is 3.51. The summed E-state index contributed by atoms with van der Waals surface area (Å²) in [4.78, 5) is 27.9. The summed E-state index contributed by atoms with van der Waals surface area (Å²) >= 11 is 0. The quantitative estimate of drug-likeness (QED) is 0.814. The van der Waals surface area contributed by atoms with Crippen molar-refractivity contribution in [3.63, 3.8) is 0 Å². The van der Waals surface area contributed by atoms with Gasteiger partial charge in [0.2, 0.25) is 5.91 Å². The van der Waals surface area contributed by atoms with E-state index in [0.29, 0.717) is 31.7 Å². The summed E-state index contributed by atoms with van der Waals surface area (Å²) < 4.78 is 23.7. The van der Waals surface area contributed by atoms with E-state index in [2.05, 4.69) is 0 Å². The molecule has 1 aliphatic heterocycles. The van der Waals surface area contributed by atoms with Crippen LogP contribution in [-0.2, 0) is 14.6 Å². The molecular weight excluding hydrogens is 316 g/mol. The lowest BCUT2D eigenvalue weighted by Crippen LogP contribution is -2.53. The van der Waals surface area contributed by atoms with E-state index < -0.39 is 15.1 Å². The summed E-state index contributed by atoms with van der Waals surface area (Å²) in [6, 6.07) is 8.99. The Hall–Kier alpha value is -1.89. The predicted octanol–water partition coefficient (Wildman–Crippen LogP) is 0.794. The van der Waals surface area contributed by atoms with Crippen LogP contribution in [0.25, 0.3) is 0 Å². The first-order chi connectivity index (χ1) is 10.9. The molecule has 0 aliphatic carbocycles. The molecule has 1 aliphatic rings. The third-order valence-electron chi connectivity index (χ3n) is 4.19. The zero-order valence-electron chi connectivity index (χ0n) is 13.4. The smallest absolute Gasteiger partial charge is 0.253 e. The van der Waals surface area contributed by atoms with Gasteiger partial charge in [-0.2, -0.15) is 0 Å². The first kappa shape index (κ1) is 17.5. The number of carbonyl (C=O) groups is 2. The van der Waals surface area contributed by atoms with Crippen molar-refractivity contribution in [2.45, 2.75) is 19.1 Å². The van der Waals surface area contributed by atoms with Crippen LogP contribution in [0.4, 0.5) is 0 Å². The Labute approximate surface area is 137 Å². The topological polar surface area (TPSA) is 74.8 Å². The van der Waals surface area contributed by atoms with E-state index in [4.69, 9.17) is 0 Å². The van der Waals surface area contributed by atoms with Crippen molar-refractivity contribution in [3.05, 3.63) is 35.9 Å². The van der Waals surface area contributed by atoms with Crippen LogP contribution >= 0.6 is 0 Å². The summed E-state index contributed by atoms with van der Waals surface area (Å²) in [5.74, 6) is -0.489. The third-order valence-corrected chi connectivity index (χ3v) is 6.27. The first-order valence-electron chi connectivity index (χ1n) is 7.71. The number of carbonyl (C=O) groups excluding carboxylic acids is 2. The standard InChI is InChI=1S/C16H22N2O4S/c1-3-23(21,22)13(2)15(19)17-9-11-18(12-10-17)16(20)14-7-5-4-6-8-14/h4-8,13H,3,9-12H2,1-2H3/t13-/m0/s1. The molecule has 1 saturated heterocycles. The molecule has 23 heavy (non-hydrogen) atoms. The highest BCUT2D eigenvalue weighted by atomic mass is 32.2. The van der Waals surface area contributed by atoms with Crippen molar-refractivity contribution in [2.24, 2.45) is 0 Å². The van der Waals surface area contributed by atoms with Crippen LogP contribution in [-0.4, -0.2) is 67.2 Å². The van der Waals surface area contributed by atoms with E-state index in [9.17, 15) is 18.0 Å². The molecule has 1 aromatic rings. The van der Waals surface area contributed by atoms with E-state index in [1.165, 1.54) is 18.7 Å². The summed E-state index contributed by atoms with van der Waals surface area (Å²) in [7, 11) is -3.39. The molecule has 0 saturated carbocycles. The van der Waals surface area contributed by atoms with Crippen molar-refractivity contribution >= 4 is 21.7 Å². The van der Waals surface area contributed by atoms with Gasteiger partial charge in [-0.1, -0.05) is 25.1 Å². The molecule has 0 radical (unpaired) electrons.